The van der Waals surface area contributed by atoms with Crippen molar-refractivity contribution in [3.05, 3.63) is 58.9 Å². The average Bonchev–Trinajstić information content (AvgIpc) is 3.58. The van der Waals surface area contributed by atoms with Gasteiger partial charge in [0.1, 0.15) is 11.8 Å². The zero-order valence-electron chi connectivity index (χ0n) is 17.1. The van der Waals surface area contributed by atoms with Crippen LogP contribution in [0.5, 0.6) is 5.75 Å². The van der Waals surface area contributed by atoms with Crippen LogP contribution in [0.3, 0.4) is 0 Å². The quantitative estimate of drug-likeness (QED) is 0.550. The summed E-state index contributed by atoms with van der Waals surface area (Å²) in [5.74, 6) is 7.11. The van der Waals surface area contributed by atoms with E-state index in [4.69, 9.17) is 4.74 Å². The molecular weight excluding hydrogens is 396 g/mol. The Morgan fingerprint density at radius 2 is 2.23 bits per heavy atom. The minimum atomic E-state index is -0.674. The van der Waals surface area contributed by atoms with Gasteiger partial charge in [-0.2, -0.15) is 0 Å². The number of carbonyl (C=O) groups excluding carboxylic acids is 3. The number of hydrogen-bond donors (Lipinski definition) is 2. The van der Waals surface area contributed by atoms with Crippen LogP contribution in [0.2, 0.25) is 0 Å². The van der Waals surface area contributed by atoms with Crippen LogP contribution in [-0.2, 0) is 11.3 Å². The van der Waals surface area contributed by atoms with Crippen LogP contribution in [0.15, 0.2) is 36.7 Å². The van der Waals surface area contributed by atoms with E-state index in [1.165, 1.54) is 0 Å². The van der Waals surface area contributed by atoms with Crippen molar-refractivity contribution in [2.75, 3.05) is 13.7 Å². The van der Waals surface area contributed by atoms with Gasteiger partial charge >= 0.3 is 6.03 Å². The normalized spacial score (nSPS) is 15.4. The van der Waals surface area contributed by atoms with Gasteiger partial charge in [-0.25, -0.2) is 4.79 Å². The predicted octanol–water partition coefficient (Wildman–Crippen LogP) is 1.80. The molecule has 0 radical (unpaired) electrons. The highest BCUT2D eigenvalue weighted by molar-refractivity contribution is 5.98. The molecule has 0 bridgehead atoms. The molecule has 8 heteroatoms. The molecule has 1 fully saturated rings. The standard InChI is InChI=1S/C23H22N4O4/c1-31-19-7-5-17-12-27(22(29)21(17)10-19)13-18(26-23(30)25-14-28)6-4-16-11-24-9-8-20(16)15-2-3-15/h5,7-11,14-15,18H,2-3,12-13H2,1H3,(H2,25,26,28,30)/t18-/m1/s1. The van der Waals surface area contributed by atoms with Gasteiger partial charge in [0.05, 0.1) is 13.7 Å². The lowest BCUT2D eigenvalue weighted by Gasteiger charge is -2.21. The summed E-state index contributed by atoms with van der Waals surface area (Å²) in [4.78, 5) is 41.2. The van der Waals surface area contributed by atoms with E-state index >= 15 is 0 Å². The number of pyridine rings is 1. The van der Waals surface area contributed by atoms with Gasteiger partial charge in [-0.1, -0.05) is 17.9 Å². The summed E-state index contributed by atoms with van der Waals surface area (Å²) in [6, 6.07) is 6.00. The topological polar surface area (TPSA) is 101 Å². The lowest BCUT2D eigenvalue weighted by atomic mass is 10.1. The number of fused-ring (bicyclic) bond motifs is 1. The highest BCUT2D eigenvalue weighted by Gasteiger charge is 2.30. The van der Waals surface area contributed by atoms with Crippen molar-refractivity contribution >= 4 is 18.3 Å². The third kappa shape index (κ3) is 4.67. The monoisotopic (exact) mass is 418 g/mol. The highest BCUT2D eigenvalue weighted by Crippen LogP contribution is 2.41. The van der Waals surface area contributed by atoms with Gasteiger partial charge in [-0.05, 0) is 48.1 Å². The molecular formula is C23H22N4O4. The maximum absolute atomic E-state index is 12.9. The number of hydrogen-bond acceptors (Lipinski definition) is 5. The predicted molar refractivity (Wildman–Crippen MR) is 112 cm³/mol. The molecule has 1 aliphatic heterocycles. The van der Waals surface area contributed by atoms with E-state index in [0.717, 1.165) is 29.5 Å². The van der Waals surface area contributed by atoms with Gasteiger partial charge in [-0.3, -0.25) is 19.9 Å². The number of nitrogens with one attached hydrogen (secondary N) is 2. The highest BCUT2D eigenvalue weighted by atomic mass is 16.5. The molecule has 2 aliphatic rings. The van der Waals surface area contributed by atoms with E-state index in [2.05, 4.69) is 27.5 Å². The molecule has 2 heterocycles. The zero-order valence-corrected chi connectivity index (χ0v) is 17.1. The fourth-order valence-corrected chi connectivity index (χ4v) is 3.64. The largest absolute Gasteiger partial charge is 0.497 e. The van der Waals surface area contributed by atoms with E-state index in [1.54, 1.807) is 30.5 Å². The molecule has 0 spiro atoms. The first-order valence-corrected chi connectivity index (χ1v) is 10.0. The number of amides is 4. The smallest absolute Gasteiger partial charge is 0.322 e. The van der Waals surface area contributed by atoms with Crippen molar-refractivity contribution in [3.8, 4) is 17.6 Å². The summed E-state index contributed by atoms with van der Waals surface area (Å²) in [6.45, 7) is 0.585. The lowest BCUT2D eigenvalue weighted by molar-refractivity contribution is -0.108. The van der Waals surface area contributed by atoms with Crippen molar-refractivity contribution < 1.29 is 19.1 Å². The maximum Gasteiger partial charge on any atom is 0.322 e. The number of rotatable bonds is 6. The van der Waals surface area contributed by atoms with E-state index in [1.807, 2.05) is 18.2 Å². The maximum atomic E-state index is 12.9. The number of urea groups is 1. The van der Waals surface area contributed by atoms with Crippen LogP contribution in [-0.4, -0.2) is 47.9 Å². The number of ether oxygens (including phenoxy) is 1. The summed E-state index contributed by atoms with van der Waals surface area (Å²) in [6.07, 6.45) is 6.03. The average molecular weight is 418 g/mol. The molecule has 4 amide bonds. The Morgan fingerprint density at radius 1 is 1.39 bits per heavy atom. The van der Waals surface area contributed by atoms with Crippen LogP contribution >= 0.6 is 0 Å². The van der Waals surface area contributed by atoms with Gasteiger partial charge < -0.3 is 15.0 Å². The summed E-state index contributed by atoms with van der Waals surface area (Å²) in [5.41, 5.74) is 3.42. The summed E-state index contributed by atoms with van der Waals surface area (Å²) >= 11 is 0. The second kappa shape index (κ2) is 8.88. The first-order valence-electron chi connectivity index (χ1n) is 10.0. The van der Waals surface area contributed by atoms with E-state index < -0.39 is 12.1 Å². The Labute approximate surface area is 180 Å². The minimum absolute atomic E-state index is 0.154. The molecule has 158 valence electrons. The van der Waals surface area contributed by atoms with Crippen molar-refractivity contribution in [3.63, 3.8) is 0 Å². The lowest BCUT2D eigenvalue weighted by Crippen LogP contribution is -2.46. The summed E-state index contributed by atoms with van der Waals surface area (Å²) in [7, 11) is 1.55. The van der Waals surface area contributed by atoms with Crippen molar-refractivity contribution in [1.82, 2.24) is 20.5 Å². The Kier molecular flexibility index (Phi) is 5.85. The Morgan fingerprint density at radius 3 is 2.97 bits per heavy atom. The van der Waals surface area contributed by atoms with Gasteiger partial charge in [0.15, 0.2) is 0 Å². The summed E-state index contributed by atoms with van der Waals surface area (Å²) < 4.78 is 5.21. The molecule has 31 heavy (non-hydrogen) atoms. The summed E-state index contributed by atoms with van der Waals surface area (Å²) in [5, 5.41) is 4.71. The third-order valence-electron chi connectivity index (χ3n) is 5.35. The number of nitrogens with zero attached hydrogens (tertiary/aromatic N) is 2. The number of methoxy groups -OCH3 is 1. The molecule has 0 unspecified atom stereocenters. The van der Waals surface area contributed by atoms with Crippen molar-refractivity contribution in [2.24, 2.45) is 0 Å². The molecule has 0 saturated heterocycles. The third-order valence-corrected chi connectivity index (χ3v) is 5.35. The zero-order chi connectivity index (χ0) is 21.8. The van der Waals surface area contributed by atoms with Crippen molar-refractivity contribution in [1.29, 1.82) is 0 Å². The van der Waals surface area contributed by atoms with E-state index in [0.29, 0.717) is 30.2 Å². The van der Waals surface area contributed by atoms with E-state index in [9.17, 15) is 14.4 Å². The molecule has 4 rings (SSSR count). The van der Waals surface area contributed by atoms with Gasteiger partial charge in [-0.15, -0.1) is 0 Å². The number of aromatic nitrogens is 1. The number of imide groups is 1. The van der Waals surface area contributed by atoms with E-state index in [-0.39, 0.29) is 12.5 Å². The molecule has 2 aromatic rings. The Hall–Kier alpha value is -3.86. The fourth-order valence-electron chi connectivity index (χ4n) is 3.64. The van der Waals surface area contributed by atoms with Gasteiger partial charge in [0.2, 0.25) is 6.41 Å². The number of benzene rings is 1. The van der Waals surface area contributed by atoms with Crippen molar-refractivity contribution in [2.45, 2.75) is 31.3 Å². The fraction of sp³-hybridized carbons (Fsp3) is 0.304. The van der Waals surface area contributed by atoms with Crippen LogP contribution in [0.4, 0.5) is 4.79 Å². The molecule has 1 atom stereocenters. The Bertz CT molecular complexity index is 1080. The minimum Gasteiger partial charge on any atom is -0.497 e. The number of carbonyl (C=O) groups is 3. The second-order valence-corrected chi connectivity index (χ2v) is 7.50. The first kappa shape index (κ1) is 20.4. The first-order chi connectivity index (χ1) is 15.1. The molecule has 1 saturated carbocycles. The van der Waals surface area contributed by atoms with Crippen LogP contribution in [0.25, 0.3) is 0 Å². The second-order valence-electron chi connectivity index (χ2n) is 7.50. The molecule has 2 N–H and O–H groups in total. The van der Waals surface area contributed by atoms with Crippen LogP contribution in [0.1, 0.15) is 45.8 Å². The van der Waals surface area contributed by atoms with Gasteiger partial charge in [0.25, 0.3) is 5.91 Å². The molecule has 1 aromatic carbocycles. The Balaban J connectivity index is 1.55. The van der Waals surface area contributed by atoms with Gasteiger partial charge in [0, 0.05) is 30.1 Å². The molecule has 1 aliphatic carbocycles. The van der Waals surface area contributed by atoms with Crippen LogP contribution < -0.4 is 15.4 Å². The SMILES string of the molecule is COc1ccc2c(c1)C(=O)N(C[C@@H](C#Cc1cnccc1C1CC1)NC(=O)NC=O)C2. The van der Waals surface area contributed by atoms with Crippen LogP contribution in [0, 0.1) is 11.8 Å². The molecule has 1 aromatic heterocycles. The molecule has 8 nitrogen and oxygen atoms in total.